The molecule has 5 N–H and O–H groups in total. The van der Waals surface area contributed by atoms with Crippen LogP contribution in [-0.2, 0) is 9.53 Å². The molecule has 0 radical (unpaired) electrons. The second kappa shape index (κ2) is 3.36. The molecule has 1 saturated heterocycles. The molecular formula is C6H11NO5. The van der Waals surface area contributed by atoms with Crippen molar-refractivity contribution in [3.63, 3.8) is 0 Å². The highest BCUT2D eigenvalue weighted by molar-refractivity contribution is 5.73. The number of carboxylic acid groups (broad SMARTS) is 1. The number of carboxylic acids is 1. The van der Waals surface area contributed by atoms with Crippen LogP contribution >= 0.6 is 0 Å². The summed E-state index contributed by atoms with van der Waals surface area (Å²) in [5.74, 6) is -1.29. The quantitative estimate of drug-likeness (QED) is 0.371. The van der Waals surface area contributed by atoms with Gasteiger partial charge in [0.15, 0.2) is 6.10 Å². The topological polar surface area (TPSA) is 113 Å². The maximum atomic E-state index is 10.4. The van der Waals surface area contributed by atoms with E-state index >= 15 is 0 Å². The predicted molar refractivity (Wildman–Crippen MR) is 37.4 cm³/mol. The van der Waals surface area contributed by atoms with E-state index in [1.165, 1.54) is 0 Å². The van der Waals surface area contributed by atoms with Gasteiger partial charge in [0.1, 0.15) is 12.2 Å². The number of rotatable bonds is 2. The summed E-state index contributed by atoms with van der Waals surface area (Å²) in [6, 6.07) is 0. The van der Waals surface area contributed by atoms with Crippen LogP contribution in [0.2, 0.25) is 0 Å². The maximum Gasteiger partial charge on any atom is 0.335 e. The summed E-state index contributed by atoms with van der Waals surface area (Å²) >= 11 is 0. The van der Waals surface area contributed by atoms with Crippen LogP contribution in [0, 0.1) is 0 Å². The second-order valence-corrected chi connectivity index (χ2v) is 2.65. The van der Waals surface area contributed by atoms with Crippen LogP contribution in [0.25, 0.3) is 0 Å². The van der Waals surface area contributed by atoms with Crippen LogP contribution in [0.3, 0.4) is 0 Å². The predicted octanol–water partition coefficient (Wildman–Crippen LogP) is -2.48. The van der Waals surface area contributed by atoms with E-state index in [2.05, 4.69) is 0 Å². The zero-order chi connectivity index (χ0) is 9.30. The minimum absolute atomic E-state index is 0.0119. The van der Waals surface area contributed by atoms with Crippen LogP contribution in [0.4, 0.5) is 0 Å². The Morgan fingerprint density at radius 3 is 2.25 bits per heavy atom. The molecule has 1 heterocycles. The minimum atomic E-state index is -1.39. The first kappa shape index (κ1) is 9.40. The first-order chi connectivity index (χ1) is 5.57. The van der Waals surface area contributed by atoms with Gasteiger partial charge in [-0.15, -0.1) is 0 Å². The molecule has 0 bridgehead atoms. The molecule has 0 aliphatic carbocycles. The summed E-state index contributed by atoms with van der Waals surface area (Å²) in [6.07, 6.45) is -4.76. The summed E-state index contributed by atoms with van der Waals surface area (Å²) in [7, 11) is 0. The molecule has 0 saturated carbocycles. The first-order valence-electron chi connectivity index (χ1n) is 3.52. The summed E-state index contributed by atoms with van der Waals surface area (Å²) in [5.41, 5.74) is 5.16. The minimum Gasteiger partial charge on any atom is -0.479 e. The van der Waals surface area contributed by atoms with Gasteiger partial charge in [-0.2, -0.15) is 0 Å². The maximum absolute atomic E-state index is 10.4. The largest absolute Gasteiger partial charge is 0.479 e. The number of carbonyl (C=O) groups is 1. The van der Waals surface area contributed by atoms with Crippen LogP contribution in [-0.4, -0.2) is 52.2 Å². The van der Waals surface area contributed by atoms with Crippen LogP contribution in [0.1, 0.15) is 0 Å². The van der Waals surface area contributed by atoms with Crippen molar-refractivity contribution in [2.45, 2.75) is 24.4 Å². The molecule has 6 nitrogen and oxygen atoms in total. The third-order valence-corrected chi connectivity index (χ3v) is 1.84. The van der Waals surface area contributed by atoms with Gasteiger partial charge >= 0.3 is 5.97 Å². The summed E-state index contributed by atoms with van der Waals surface area (Å²) < 4.78 is 4.77. The average molecular weight is 177 g/mol. The lowest BCUT2D eigenvalue weighted by atomic mass is 10.1. The molecule has 0 unspecified atom stereocenters. The zero-order valence-electron chi connectivity index (χ0n) is 6.25. The van der Waals surface area contributed by atoms with E-state index in [9.17, 15) is 4.79 Å². The van der Waals surface area contributed by atoms with E-state index in [-0.39, 0.29) is 6.54 Å². The van der Waals surface area contributed by atoms with Gasteiger partial charge in [-0.05, 0) is 0 Å². The molecule has 1 aliphatic rings. The molecule has 0 aromatic rings. The molecule has 0 aromatic heterocycles. The molecule has 12 heavy (non-hydrogen) atoms. The van der Waals surface area contributed by atoms with Gasteiger partial charge in [-0.1, -0.05) is 0 Å². The van der Waals surface area contributed by atoms with Crippen molar-refractivity contribution in [1.29, 1.82) is 0 Å². The molecule has 1 rings (SSSR count). The van der Waals surface area contributed by atoms with Crippen molar-refractivity contribution in [2.24, 2.45) is 5.73 Å². The van der Waals surface area contributed by atoms with Gasteiger partial charge in [-0.3, -0.25) is 0 Å². The fourth-order valence-corrected chi connectivity index (χ4v) is 1.15. The number of aliphatic hydroxyl groups is 2. The molecule has 4 atom stereocenters. The number of hydrogen-bond donors (Lipinski definition) is 4. The van der Waals surface area contributed by atoms with E-state index in [4.69, 9.17) is 25.8 Å². The lowest BCUT2D eigenvalue weighted by molar-refractivity contribution is -0.153. The third-order valence-electron chi connectivity index (χ3n) is 1.84. The molecule has 0 amide bonds. The standard InChI is InChI=1S/C6H11NO5/c7-1-2-3(8)4(9)5(12-2)6(10)11/h2-5,8-9H,1,7H2,(H,10,11)/t2-,3+,4+,5+/m1/s1. The first-order valence-corrected chi connectivity index (χ1v) is 3.52. The molecular weight excluding hydrogens is 166 g/mol. The fourth-order valence-electron chi connectivity index (χ4n) is 1.15. The zero-order valence-corrected chi connectivity index (χ0v) is 6.25. The molecule has 0 spiro atoms. The highest BCUT2D eigenvalue weighted by atomic mass is 16.6. The second-order valence-electron chi connectivity index (χ2n) is 2.65. The van der Waals surface area contributed by atoms with Gasteiger partial charge in [-0.25, -0.2) is 4.79 Å². The van der Waals surface area contributed by atoms with Crippen molar-refractivity contribution in [1.82, 2.24) is 0 Å². The fraction of sp³-hybridized carbons (Fsp3) is 0.833. The van der Waals surface area contributed by atoms with E-state index in [0.29, 0.717) is 0 Å². The van der Waals surface area contributed by atoms with Gasteiger partial charge in [0, 0.05) is 6.54 Å². The summed E-state index contributed by atoms with van der Waals surface area (Å²) in [4.78, 5) is 10.4. The van der Waals surface area contributed by atoms with Gasteiger partial charge < -0.3 is 25.8 Å². The van der Waals surface area contributed by atoms with Gasteiger partial charge in [0.2, 0.25) is 0 Å². The Kier molecular flexibility index (Phi) is 2.63. The van der Waals surface area contributed by atoms with E-state index in [1.54, 1.807) is 0 Å². The SMILES string of the molecule is NC[C@H]1O[C@H](C(=O)O)[C@@H](O)[C@H]1O. The molecule has 0 aromatic carbocycles. The van der Waals surface area contributed by atoms with E-state index in [1.807, 2.05) is 0 Å². The van der Waals surface area contributed by atoms with Crippen molar-refractivity contribution >= 4 is 5.97 Å². The van der Waals surface area contributed by atoms with Gasteiger partial charge in [0.25, 0.3) is 0 Å². The molecule has 1 fully saturated rings. The Hall–Kier alpha value is -0.690. The Morgan fingerprint density at radius 2 is 2.00 bits per heavy atom. The normalized spacial score (nSPS) is 41.6. The third kappa shape index (κ3) is 1.42. The lowest BCUT2D eigenvalue weighted by Crippen LogP contribution is -2.37. The monoisotopic (exact) mass is 177 g/mol. The highest BCUT2D eigenvalue weighted by Gasteiger charge is 2.45. The van der Waals surface area contributed by atoms with Crippen molar-refractivity contribution < 1.29 is 24.9 Å². The summed E-state index contributed by atoms with van der Waals surface area (Å²) in [6.45, 7) is -0.0119. The number of ether oxygens (including phenoxy) is 1. The Morgan fingerprint density at radius 1 is 1.42 bits per heavy atom. The Balaban J connectivity index is 2.66. The van der Waals surface area contributed by atoms with Crippen molar-refractivity contribution in [3.8, 4) is 0 Å². The highest BCUT2D eigenvalue weighted by Crippen LogP contribution is 2.20. The number of aliphatic hydroxyl groups excluding tert-OH is 2. The molecule has 70 valence electrons. The van der Waals surface area contributed by atoms with E-state index in [0.717, 1.165) is 0 Å². The van der Waals surface area contributed by atoms with Gasteiger partial charge in [0.05, 0.1) is 6.10 Å². The molecule has 1 aliphatic heterocycles. The summed E-state index contributed by atoms with van der Waals surface area (Å²) in [5, 5.41) is 26.8. The van der Waals surface area contributed by atoms with Crippen LogP contribution in [0.15, 0.2) is 0 Å². The number of nitrogens with two attached hydrogens (primary N) is 1. The van der Waals surface area contributed by atoms with Crippen LogP contribution < -0.4 is 5.73 Å². The smallest absolute Gasteiger partial charge is 0.335 e. The average Bonchev–Trinajstić information content (AvgIpc) is 2.30. The van der Waals surface area contributed by atoms with Crippen molar-refractivity contribution in [3.05, 3.63) is 0 Å². The lowest BCUT2D eigenvalue weighted by Gasteiger charge is -2.10. The Labute approximate surface area is 68.6 Å². The van der Waals surface area contributed by atoms with E-state index < -0.39 is 30.4 Å². The number of aliphatic carboxylic acids is 1. The molecule has 6 heteroatoms. The number of hydrogen-bond acceptors (Lipinski definition) is 5. The van der Waals surface area contributed by atoms with Crippen LogP contribution in [0.5, 0.6) is 0 Å². The van der Waals surface area contributed by atoms with Crippen molar-refractivity contribution in [2.75, 3.05) is 6.54 Å². The Bertz CT molecular complexity index is 185.